The fourth-order valence-electron chi connectivity index (χ4n) is 3.08. The van der Waals surface area contributed by atoms with Gasteiger partial charge < -0.3 is 14.0 Å². The molecule has 1 saturated heterocycles. The quantitative estimate of drug-likeness (QED) is 0.680. The molecular formula is C21H22N2O3. The second-order valence-corrected chi connectivity index (χ2v) is 6.54. The third-order valence-corrected chi connectivity index (χ3v) is 4.70. The Morgan fingerprint density at radius 2 is 1.73 bits per heavy atom. The number of benzene rings is 2. The number of hydrogen-bond acceptors (Lipinski definition) is 5. The maximum Gasteiger partial charge on any atom is 0.234 e. The molecular weight excluding hydrogens is 328 g/mol. The SMILES string of the molecule is CC(c1ccccc1)c1nc(-c2ccc(OC3CCOCC3)cc2)no1. The van der Waals surface area contributed by atoms with E-state index in [-0.39, 0.29) is 12.0 Å². The summed E-state index contributed by atoms with van der Waals surface area (Å²) in [5.41, 5.74) is 2.07. The molecule has 2 heterocycles. The lowest BCUT2D eigenvalue weighted by atomic mass is 10.0. The molecule has 4 rings (SSSR count). The number of rotatable bonds is 5. The lowest BCUT2D eigenvalue weighted by Gasteiger charge is -2.23. The Hall–Kier alpha value is -2.66. The summed E-state index contributed by atoms with van der Waals surface area (Å²) in [4.78, 5) is 4.57. The van der Waals surface area contributed by atoms with Crippen LogP contribution in [-0.4, -0.2) is 29.5 Å². The first kappa shape index (κ1) is 16.8. The number of ether oxygens (including phenoxy) is 2. The van der Waals surface area contributed by atoms with Crippen molar-refractivity contribution in [3.05, 3.63) is 66.1 Å². The molecule has 1 atom stereocenters. The van der Waals surface area contributed by atoms with Crippen molar-refractivity contribution in [2.75, 3.05) is 13.2 Å². The van der Waals surface area contributed by atoms with Gasteiger partial charge in [0.25, 0.3) is 0 Å². The zero-order valence-electron chi connectivity index (χ0n) is 14.8. The molecule has 0 amide bonds. The molecule has 0 spiro atoms. The van der Waals surface area contributed by atoms with Gasteiger partial charge in [-0.2, -0.15) is 4.98 Å². The molecule has 5 heteroatoms. The Morgan fingerprint density at radius 3 is 2.46 bits per heavy atom. The molecule has 3 aromatic rings. The highest BCUT2D eigenvalue weighted by Crippen LogP contribution is 2.26. The van der Waals surface area contributed by atoms with E-state index < -0.39 is 0 Å². The van der Waals surface area contributed by atoms with Crippen molar-refractivity contribution < 1.29 is 14.0 Å². The minimum Gasteiger partial charge on any atom is -0.490 e. The molecule has 0 radical (unpaired) electrons. The maximum atomic E-state index is 6.00. The minimum atomic E-state index is 0.0635. The predicted molar refractivity (Wildman–Crippen MR) is 98.2 cm³/mol. The monoisotopic (exact) mass is 350 g/mol. The van der Waals surface area contributed by atoms with Crippen molar-refractivity contribution in [2.45, 2.75) is 31.8 Å². The van der Waals surface area contributed by atoms with Gasteiger partial charge in [0.2, 0.25) is 11.7 Å². The van der Waals surface area contributed by atoms with Gasteiger partial charge in [0.15, 0.2) is 0 Å². The lowest BCUT2D eigenvalue weighted by molar-refractivity contribution is 0.0256. The summed E-state index contributed by atoms with van der Waals surface area (Å²) >= 11 is 0. The van der Waals surface area contributed by atoms with Gasteiger partial charge >= 0.3 is 0 Å². The average molecular weight is 350 g/mol. The van der Waals surface area contributed by atoms with Gasteiger partial charge in [0.1, 0.15) is 11.9 Å². The molecule has 2 aromatic carbocycles. The highest BCUT2D eigenvalue weighted by molar-refractivity contribution is 5.55. The number of aromatic nitrogens is 2. The Kier molecular flexibility index (Phi) is 4.97. The van der Waals surface area contributed by atoms with E-state index in [1.165, 1.54) is 0 Å². The van der Waals surface area contributed by atoms with E-state index in [1.54, 1.807) is 0 Å². The van der Waals surface area contributed by atoms with Crippen molar-refractivity contribution in [1.29, 1.82) is 0 Å². The van der Waals surface area contributed by atoms with E-state index in [1.807, 2.05) is 42.5 Å². The first-order chi connectivity index (χ1) is 12.8. The average Bonchev–Trinajstić information content (AvgIpc) is 3.20. The van der Waals surface area contributed by atoms with Gasteiger partial charge in [-0.25, -0.2) is 0 Å². The molecule has 5 nitrogen and oxygen atoms in total. The van der Waals surface area contributed by atoms with E-state index >= 15 is 0 Å². The summed E-state index contributed by atoms with van der Waals surface area (Å²) in [5.74, 6) is 2.14. The molecule has 26 heavy (non-hydrogen) atoms. The topological polar surface area (TPSA) is 57.4 Å². The third kappa shape index (κ3) is 3.78. The normalized spacial score (nSPS) is 16.3. The molecule has 134 valence electrons. The largest absolute Gasteiger partial charge is 0.490 e. The Labute approximate surface area is 153 Å². The van der Waals surface area contributed by atoms with E-state index in [4.69, 9.17) is 14.0 Å². The van der Waals surface area contributed by atoms with E-state index in [2.05, 4.69) is 29.2 Å². The van der Waals surface area contributed by atoms with Crippen molar-refractivity contribution in [3.63, 3.8) is 0 Å². The van der Waals surface area contributed by atoms with Gasteiger partial charge in [-0.15, -0.1) is 0 Å². The molecule has 0 aliphatic carbocycles. The van der Waals surface area contributed by atoms with Crippen LogP contribution in [0, 0.1) is 0 Å². The van der Waals surface area contributed by atoms with Crippen LogP contribution in [-0.2, 0) is 4.74 Å². The van der Waals surface area contributed by atoms with E-state index in [0.29, 0.717) is 11.7 Å². The fourth-order valence-corrected chi connectivity index (χ4v) is 3.08. The number of nitrogens with zero attached hydrogens (tertiary/aromatic N) is 2. The highest BCUT2D eigenvalue weighted by Gasteiger charge is 2.18. The van der Waals surface area contributed by atoms with Crippen molar-refractivity contribution in [2.24, 2.45) is 0 Å². The van der Waals surface area contributed by atoms with Gasteiger partial charge in [0.05, 0.1) is 19.1 Å². The summed E-state index contributed by atoms with van der Waals surface area (Å²) in [6.45, 7) is 3.61. The Morgan fingerprint density at radius 1 is 1.00 bits per heavy atom. The van der Waals surface area contributed by atoms with Crippen LogP contribution < -0.4 is 4.74 Å². The molecule has 0 N–H and O–H groups in total. The zero-order valence-corrected chi connectivity index (χ0v) is 14.8. The zero-order chi connectivity index (χ0) is 17.8. The first-order valence-electron chi connectivity index (χ1n) is 9.03. The van der Waals surface area contributed by atoms with Crippen molar-refractivity contribution in [3.8, 4) is 17.1 Å². The third-order valence-electron chi connectivity index (χ3n) is 4.70. The molecule has 1 fully saturated rings. The number of hydrogen-bond donors (Lipinski definition) is 0. The summed E-state index contributed by atoms with van der Waals surface area (Å²) < 4.78 is 16.8. The maximum absolute atomic E-state index is 6.00. The van der Waals surface area contributed by atoms with Crippen molar-refractivity contribution >= 4 is 0 Å². The van der Waals surface area contributed by atoms with Gasteiger partial charge in [-0.3, -0.25) is 0 Å². The van der Waals surface area contributed by atoms with Crippen LogP contribution >= 0.6 is 0 Å². The van der Waals surface area contributed by atoms with Crippen LogP contribution in [0.25, 0.3) is 11.4 Å². The van der Waals surface area contributed by atoms with Crippen LogP contribution in [0.3, 0.4) is 0 Å². The second kappa shape index (κ2) is 7.70. The fraction of sp³-hybridized carbons (Fsp3) is 0.333. The van der Waals surface area contributed by atoms with E-state index in [9.17, 15) is 0 Å². The second-order valence-electron chi connectivity index (χ2n) is 6.54. The Bertz CT molecular complexity index is 824. The van der Waals surface area contributed by atoms with Crippen LogP contribution in [0.15, 0.2) is 59.1 Å². The smallest absolute Gasteiger partial charge is 0.234 e. The van der Waals surface area contributed by atoms with Crippen LogP contribution in [0.4, 0.5) is 0 Å². The van der Waals surface area contributed by atoms with Crippen LogP contribution in [0.5, 0.6) is 5.75 Å². The molecule has 1 aliphatic heterocycles. The highest BCUT2D eigenvalue weighted by atomic mass is 16.5. The van der Waals surface area contributed by atoms with Gasteiger partial charge in [-0.05, 0) is 36.8 Å². The van der Waals surface area contributed by atoms with Crippen LogP contribution in [0.1, 0.15) is 37.1 Å². The molecule has 0 bridgehead atoms. The summed E-state index contributed by atoms with van der Waals surface area (Å²) in [5, 5.41) is 4.13. The standard InChI is InChI=1S/C21H22N2O3/c1-15(16-5-3-2-4-6-16)21-22-20(23-26-21)17-7-9-18(10-8-17)25-19-11-13-24-14-12-19/h2-10,15,19H,11-14H2,1H3. The van der Waals surface area contributed by atoms with Gasteiger partial charge in [-0.1, -0.05) is 35.5 Å². The first-order valence-corrected chi connectivity index (χ1v) is 9.03. The predicted octanol–water partition coefficient (Wildman–Crippen LogP) is 4.45. The van der Waals surface area contributed by atoms with Gasteiger partial charge in [0, 0.05) is 18.4 Å². The lowest BCUT2D eigenvalue weighted by Crippen LogP contribution is -2.25. The molecule has 1 aliphatic rings. The molecule has 0 saturated carbocycles. The molecule has 1 aromatic heterocycles. The van der Waals surface area contributed by atoms with E-state index in [0.717, 1.165) is 42.9 Å². The minimum absolute atomic E-state index is 0.0635. The van der Waals surface area contributed by atoms with Crippen molar-refractivity contribution in [1.82, 2.24) is 10.1 Å². The molecule has 1 unspecified atom stereocenters. The van der Waals surface area contributed by atoms with Crippen LogP contribution in [0.2, 0.25) is 0 Å². The summed E-state index contributed by atoms with van der Waals surface area (Å²) in [6, 6.07) is 18.0. The Balaban J connectivity index is 1.45. The summed E-state index contributed by atoms with van der Waals surface area (Å²) in [7, 11) is 0. The summed E-state index contributed by atoms with van der Waals surface area (Å²) in [6.07, 6.45) is 2.11.